The van der Waals surface area contributed by atoms with Gasteiger partial charge in [0.1, 0.15) is 0 Å². The van der Waals surface area contributed by atoms with Crippen molar-refractivity contribution in [3.8, 4) is 17.2 Å². The summed E-state index contributed by atoms with van der Waals surface area (Å²) >= 11 is 0. The number of aliphatic imine (C=N–C) groups is 4. The van der Waals surface area contributed by atoms with E-state index in [-0.39, 0.29) is 176 Å². The van der Waals surface area contributed by atoms with Crippen molar-refractivity contribution in [2.24, 2.45) is 20.0 Å². The molecular weight excluding hydrogens is 1560 g/mol. The normalized spacial score (nSPS) is 9.74. The number of nitrogens with zero attached hydrogens (tertiary/aromatic N) is 7. The predicted molar refractivity (Wildman–Crippen MR) is 266 cm³/mol. The van der Waals surface area contributed by atoms with E-state index in [1.807, 2.05) is 207 Å². The van der Waals surface area contributed by atoms with Crippen LogP contribution in [0.25, 0.3) is 11.3 Å². The Bertz CT molecular complexity index is 2670. The van der Waals surface area contributed by atoms with E-state index in [1.165, 1.54) is 0 Å². The minimum Gasteiger partial charge on any atom is -0.480 e. The summed E-state index contributed by atoms with van der Waals surface area (Å²) in [4.78, 5) is 26.9. The van der Waals surface area contributed by atoms with Crippen LogP contribution < -0.4 is 9.88 Å². The van der Waals surface area contributed by atoms with Gasteiger partial charge in [0.25, 0.3) is 0 Å². The second-order valence-electron chi connectivity index (χ2n) is 13.7. The number of aromatic nitrogens is 2. The molecule has 0 spiro atoms. The molecule has 0 unspecified atom stereocenters. The summed E-state index contributed by atoms with van der Waals surface area (Å²) in [7, 11) is 3.98. The first-order chi connectivity index (χ1) is 32.5. The van der Waals surface area contributed by atoms with Gasteiger partial charge in [-0.1, -0.05) is 55.0 Å². The molecule has 0 aliphatic rings. The quantitative estimate of drug-likeness (QED) is 0.0592. The number of hydrogen-bond donors (Lipinski definition) is 0. The molecule has 6 radical (unpaired) electrons. The Morgan fingerprint density at radius 2 is 0.833 bits per heavy atom. The first-order valence-corrected chi connectivity index (χ1v) is 20.5. The molecule has 0 fully saturated rings. The zero-order valence-electron chi connectivity index (χ0n) is 39.1. The Hall–Kier alpha value is -3.09. The molecule has 0 saturated heterocycles. The fraction of sp³-hybridized carbons (Fsp3) is 0.0339. The van der Waals surface area contributed by atoms with Crippen LogP contribution in [0.2, 0.25) is 0 Å². The molecule has 0 aliphatic heterocycles. The summed E-state index contributed by atoms with van der Waals surface area (Å²) in [5.41, 5.74) is 9.93. The van der Waals surface area contributed by atoms with Crippen LogP contribution in [0.4, 0.5) is 28.4 Å². The first-order valence-electron chi connectivity index (χ1n) is 20.5. The molecule has 13 heteroatoms. The summed E-state index contributed by atoms with van der Waals surface area (Å²) in [5, 5.41) is 0. The van der Waals surface area contributed by atoms with Gasteiger partial charge in [0.05, 0.1) is 0 Å². The van der Waals surface area contributed by atoms with Gasteiger partial charge in [-0.3, -0.25) is 64.6 Å². The maximum atomic E-state index is 6.86. The van der Waals surface area contributed by atoms with E-state index in [1.54, 1.807) is 12.5 Å². The number of anilines is 1. The molecule has 0 bridgehead atoms. The topological polar surface area (TPSA) is 79.7 Å². The van der Waals surface area contributed by atoms with E-state index in [4.69, 9.17) is 6.42 Å². The van der Waals surface area contributed by atoms with Gasteiger partial charge in [0.15, 0.2) is 0 Å². The second kappa shape index (κ2) is 41.2. The van der Waals surface area contributed by atoms with Crippen LogP contribution in [0, 0.1) is 48.7 Å². The third-order valence-corrected chi connectivity index (χ3v) is 8.61. The van der Waals surface area contributed by atoms with Crippen molar-refractivity contribution < 1.29 is 176 Å². The second-order valence-corrected chi connectivity index (χ2v) is 13.7. The van der Waals surface area contributed by atoms with Crippen LogP contribution in [0.15, 0.2) is 221 Å². The van der Waals surface area contributed by atoms with Gasteiger partial charge in [0, 0.05) is 195 Å². The largest absolute Gasteiger partial charge is 0.480 e. The average Bonchev–Trinajstić information content (AvgIpc) is 3.94. The number of benzene rings is 8. The van der Waals surface area contributed by atoms with Crippen molar-refractivity contribution in [3.63, 3.8) is 0 Å². The van der Waals surface area contributed by atoms with Crippen LogP contribution in [-0.4, -0.2) is 43.9 Å². The van der Waals surface area contributed by atoms with E-state index < -0.39 is 0 Å². The Morgan fingerprint density at radius 1 is 0.472 bits per heavy atom. The van der Waals surface area contributed by atoms with Gasteiger partial charge >= 0.3 is 0 Å². The maximum Gasteiger partial charge on any atom is 0.0331 e. The molecule has 7 nitrogen and oxygen atoms in total. The summed E-state index contributed by atoms with van der Waals surface area (Å²) in [6.07, 6.45) is 22.0. The number of rotatable bonds is 10. The third-order valence-electron chi connectivity index (χ3n) is 8.61. The van der Waals surface area contributed by atoms with Gasteiger partial charge in [-0.25, -0.2) is 83.4 Å². The first kappa shape index (κ1) is 68.9. The summed E-state index contributed by atoms with van der Waals surface area (Å²) in [6.45, 7) is 0. The van der Waals surface area contributed by atoms with E-state index in [9.17, 15) is 0 Å². The Morgan fingerprint density at radius 3 is 1.12 bits per heavy atom. The molecular formula is C59H39Au2N7Y4-12. The van der Waals surface area contributed by atoms with Crippen molar-refractivity contribution >= 4 is 53.3 Å². The minimum absolute atomic E-state index is 0. The van der Waals surface area contributed by atoms with Crippen LogP contribution >= 0.6 is 0 Å². The smallest absolute Gasteiger partial charge is 0.0331 e. The summed E-state index contributed by atoms with van der Waals surface area (Å²) in [5.74, 6) is 2.32. The zero-order chi connectivity index (χ0) is 45.9. The minimum atomic E-state index is 0. The van der Waals surface area contributed by atoms with Crippen LogP contribution in [-0.2, 0) is 176 Å². The van der Waals surface area contributed by atoms with E-state index in [0.29, 0.717) is 0 Å². The molecule has 0 N–H and O–H groups in total. The van der Waals surface area contributed by atoms with E-state index in [2.05, 4.69) is 97.1 Å². The van der Waals surface area contributed by atoms with Crippen LogP contribution in [0.3, 0.4) is 0 Å². The monoisotopic (exact) mass is 1590 g/mol. The molecule has 0 amide bonds. The van der Waals surface area contributed by atoms with Crippen molar-refractivity contribution in [1.29, 1.82) is 0 Å². The van der Waals surface area contributed by atoms with Crippen molar-refractivity contribution in [2.45, 2.75) is 0 Å². The molecule has 9 aromatic rings. The maximum absolute atomic E-state index is 6.86. The Labute approximate surface area is 557 Å². The zero-order valence-corrected chi connectivity index (χ0v) is 54.8. The van der Waals surface area contributed by atoms with Gasteiger partial charge in [-0.15, -0.1) is 17.7 Å². The molecule has 9 rings (SSSR count). The van der Waals surface area contributed by atoms with Crippen molar-refractivity contribution in [1.82, 2.24) is 9.97 Å². The van der Waals surface area contributed by atoms with Crippen LogP contribution in [0.5, 0.6) is 0 Å². The fourth-order valence-corrected chi connectivity index (χ4v) is 5.33. The molecule has 8 aromatic carbocycles. The van der Waals surface area contributed by atoms with Crippen molar-refractivity contribution in [2.75, 3.05) is 19.0 Å². The van der Waals surface area contributed by atoms with Crippen LogP contribution in [0.1, 0.15) is 27.8 Å². The molecule has 0 saturated carbocycles. The number of para-hydroxylation sites is 4. The van der Waals surface area contributed by atoms with Crippen molar-refractivity contribution in [3.05, 3.63) is 271 Å². The molecule has 72 heavy (non-hydrogen) atoms. The number of imidazole rings is 1. The van der Waals surface area contributed by atoms with Gasteiger partial charge in [-0.2, -0.15) is 97.7 Å². The molecule has 1 aromatic heterocycles. The Kier molecular flexibility index (Phi) is 39.4. The van der Waals surface area contributed by atoms with Gasteiger partial charge in [0.2, 0.25) is 0 Å². The van der Waals surface area contributed by atoms with E-state index in [0.717, 1.165) is 67.5 Å². The van der Waals surface area contributed by atoms with Gasteiger partial charge in [-0.05, 0) is 11.3 Å². The summed E-state index contributed by atoms with van der Waals surface area (Å²) in [6, 6.07) is 77.4. The SMILES string of the molecule is [Au].[Au].[C-]#Cc1ccc(N(C)C)cc1.[C-](=Nc1[c-]cccc1)c1[c-]c([C-]=Nc2[c-]cccc2)ccc1.[C-](=Nc1[c-]cccc1)c1[c-]c([C-]=Nc2[c-]cccc2)ccc1.[Y].[Y].[Y].[Y].c1ccc(-c2c[n-]cn2)cc1. The predicted octanol–water partition coefficient (Wildman–Crippen LogP) is 12.1. The fourth-order valence-electron chi connectivity index (χ4n) is 5.33. The third kappa shape index (κ3) is 26.9. The molecule has 1 heterocycles. The molecule has 356 valence electrons. The number of hydrogen-bond acceptors (Lipinski definition) is 6. The van der Waals surface area contributed by atoms with Gasteiger partial charge < -0.3 is 41.3 Å². The molecule has 0 aliphatic carbocycles. The molecule has 0 atom stereocenters. The van der Waals surface area contributed by atoms with E-state index >= 15 is 0 Å². The Balaban J connectivity index is 0.000000949. The average molecular weight is 1600 g/mol. The summed E-state index contributed by atoms with van der Waals surface area (Å²) < 4.78 is 0. The standard InChI is InChI=1S/2C20H11N2.C10H10N.C9H7N2.2Au.4Y/c2*1-3-10-19(11-4-1)21-15-17-8-7-9-18(14-17)16-22-20-12-5-2-6-13-20;1-4-9-5-7-10(8-6-9)11(2)3;1-2-4-8(5-3-1)9-6-10-7-11-9;;;;;;/h2*1-10,12H;5-8H,2-3H3;1-7H;;;;;;/q2*-5;2*-1;;;;;;.